The van der Waals surface area contributed by atoms with Crippen molar-refractivity contribution >= 4 is 28.5 Å². The van der Waals surface area contributed by atoms with Gasteiger partial charge in [0.25, 0.3) is 5.91 Å². The van der Waals surface area contributed by atoms with Gasteiger partial charge in [0.15, 0.2) is 0 Å². The van der Waals surface area contributed by atoms with Crippen LogP contribution in [0.2, 0.25) is 0 Å². The maximum atomic E-state index is 13.3. The second-order valence-electron chi connectivity index (χ2n) is 7.44. The van der Waals surface area contributed by atoms with Crippen LogP contribution >= 0.6 is 22.6 Å². The number of likely N-dealkylation sites (tertiary alicyclic amines) is 1. The lowest BCUT2D eigenvalue weighted by Gasteiger charge is -2.70. The molecule has 3 atom stereocenters. The lowest BCUT2D eigenvalue weighted by atomic mass is 9.54. The minimum absolute atomic E-state index is 0.0835. The molecule has 2 heterocycles. The van der Waals surface area contributed by atoms with E-state index in [2.05, 4.69) is 32.5 Å². The smallest absolute Gasteiger partial charge is 0.254 e. The summed E-state index contributed by atoms with van der Waals surface area (Å²) in [6.07, 6.45) is 4.22. The summed E-state index contributed by atoms with van der Waals surface area (Å²) >= 11 is 2.38. The minimum Gasteiger partial charge on any atom is -0.475 e. The van der Waals surface area contributed by atoms with Gasteiger partial charge in [-0.1, -0.05) is 40.3 Å². The van der Waals surface area contributed by atoms with Gasteiger partial charge in [-0.15, -0.1) is 0 Å². The quantitative estimate of drug-likeness (QED) is 0.455. The van der Waals surface area contributed by atoms with Crippen LogP contribution in [0.4, 0.5) is 4.39 Å². The van der Waals surface area contributed by atoms with Crippen LogP contribution in [0, 0.1) is 18.7 Å². The normalized spacial score (nSPS) is 26.0. The molecular formula is C21H22FIN2O2. The molecule has 2 unspecified atom stereocenters. The number of aromatic nitrogens is 1. The Hall–Kier alpha value is -1.70. The molecule has 1 saturated heterocycles. The molecule has 2 fully saturated rings. The number of fused-ring (bicyclic) bond motifs is 1. The number of hydrogen-bond acceptors (Lipinski definition) is 3. The minimum atomic E-state index is -0.385. The average Bonchev–Trinajstić information content (AvgIpc) is 2.65. The molecule has 1 amide bonds. The highest BCUT2D eigenvalue weighted by Gasteiger charge is 2.67. The molecule has 142 valence electrons. The van der Waals surface area contributed by atoms with Crippen LogP contribution in [-0.2, 0) is 0 Å². The summed E-state index contributed by atoms with van der Waals surface area (Å²) < 4.78 is 20.0. The maximum Gasteiger partial charge on any atom is 0.254 e. The molecule has 0 radical (unpaired) electrons. The molecule has 1 aromatic heterocycles. The molecule has 6 heteroatoms. The summed E-state index contributed by atoms with van der Waals surface area (Å²) in [5.74, 6) is 0.572. The number of piperidine rings is 1. The first-order valence-electron chi connectivity index (χ1n) is 9.26. The van der Waals surface area contributed by atoms with Crippen LogP contribution in [0.25, 0.3) is 0 Å². The van der Waals surface area contributed by atoms with Gasteiger partial charge in [-0.3, -0.25) is 4.79 Å². The summed E-state index contributed by atoms with van der Waals surface area (Å²) in [6, 6.07) is 10.9. The van der Waals surface area contributed by atoms with Gasteiger partial charge in [-0.25, -0.2) is 9.37 Å². The fraction of sp³-hybridized carbons (Fsp3) is 0.429. The molecule has 2 aromatic rings. The van der Waals surface area contributed by atoms with Gasteiger partial charge in [0.1, 0.15) is 12.4 Å². The van der Waals surface area contributed by atoms with E-state index in [0.717, 1.165) is 41.0 Å². The number of carbonyl (C=O) groups is 1. The zero-order valence-corrected chi connectivity index (χ0v) is 17.4. The Kier molecular flexibility index (Phi) is 5.09. The standard InChI is InChI=1S/C21H22FIN2O2/c1-14-3-2-4-15(11-14)20(26)25-18(8-10-23)17-7-9-21(17,25)13-27-19-6-5-16(22)12-24-19/h2-6,11-12,17-18H,7-10,13H2,1H3/t17-,18?,21?/m0/s1. The highest BCUT2D eigenvalue weighted by Crippen LogP contribution is 2.58. The van der Waals surface area contributed by atoms with Crippen molar-refractivity contribution in [2.75, 3.05) is 11.0 Å². The molecule has 4 rings (SSSR count). The van der Waals surface area contributed by atoms with Gasteiger partial charge in [0.05, 0.1) is 11.7 Å². The van der Waals surface area contributed by atoms with Gasteiger partial charge < -0.3 is 9.64 Å². The SMILES string of the molecule is Cc1cccc(C(=O)N2C(CCI)[C@@H]3CCC32COc2ccc(F)cn2)c1. The number of nitrogens with zero attached hydrogens (tertiary/aromatic N) is 2. The van der Waals surface area contributed by atoms with Crippen molar-refractivity contribution in [3.05, 3.63) is 59.5 Å². The van der Waals surface area contributed by atoms with Gasteiger partial charge in [0.2, 0.25) is 5.88 Å². The van der Waals surface area contributed by atoms with E-state index in [-0.39, 0.29) is 23.3 Å². The van der Waals surface area contributed by atoms with E-state index in [9.17, 15) is 9.18 Å². The van der Waals surface area contributed by atoms with Crippen LogP contribution in [0.15, 0.2) is 42.6 Å². The van der Waals surface area contributed by atoms with E-state index in [4.69, 9.17) is 4.74 Å². The van der Waals surface area contributed by atoms with E-state index in [1.165, 1.54) is 12.1 Å². The van der Waals surface area contributed by atoms with Crippen molar-refractivity contribution in [1.82, 2.24) is 9.88 Å². The molecule has 0 bridgehead atoms. The average molecular weight is 480 g/mol. The Labute approximate surface area is 172 Å². The molecule has 0 N–H and O–H groups in total. The number of carbonyl (C=O) groups excluding carboxylic acids is 1. The zero-order chi connectivity index (χ0) is 19.0. The van der Waals surface area contributed by atoms with E-state index < -0.39 is 0 Å². The Morgan fingerprint density at radius 2 is 2.26 bits per heavy atom. The van der Waals surface area contributed by atoms with E-state index in [1.807, 2.05) is 31.2 Å². The highest BCUT2D eigenvalue weighted by molar-refractivity contribution is 14.1. The van der Waals surface area contributed by atoms with Crippen molar-refractivity contribution in [1.29, 1.82) is 0 Å². The monoisotopic (exact) mass is 480 g/mol. The van der Waals surface area contributed by atoms with Crippen LogP contribution in [0.5, 0.6) is 5.88 Å². The number of halogens is 2. The third-order valence-electron chi connectivity index (χ3n) is 5.91. The molecule has 27 heavy (non-hydrogen) atoms. The van der Waals surface area contributed by atoms with Gasteiger partial charge in [-0.2, -0.15) is 0 Å². The van der Waals surface area contributed by atoms with Gasteiger partial charge in [-0.05, 0) is 44.4 Å². The molecule has 1 aliphatic heterocycles. The Morgan fingerprint density at radius 1 is 1.41 bits per heavy atom. The first-order chi connectivity index (χ1) is 13.0. The van der Waals surface area contributed by atoms with E-state index in [0.29, 0.717) is 18.4 Å². The number of amides is 1. The van der Waals surface area contributed by atoms with Gasteiger partial charge >= 0.3 is 0 Å². The lowest BCUT2D eigenvalue weighted by molar-refractivity contribution is -0.190. The fourth-order valence-corrected chi connectivity index (χ4v) is 5.17. The Bertz CT molecular complexity index is 844. The number of pyridine rings is 1. The Balaban J connectivity index is 1.56. The van der Waals surface area contributed by atoms with Crippen LogP contribution in [-0.4, -0.2) is 38.4 Å². The number of benzene rings is 1. The second kappa shape index (κ2) is 7.37. The summed E-state index contributed by atoms with van der Waals surface area (Å²) in [5.41, 5.74) is 1.56. The third kappa shape index (κ3) is 3.22. The predicted molar refractivity (Wildman–Crippen MR) is 110 cm³/mol. The van der Waals surface area contributed by atoms with Crippen molar-refractivity contribution < 1.29 is 13.9 Å². The molecular weight excluding hydrogens is 458 g/mol. The molecule has 4 nitrogen and oxygen atoms in total. The summed E-state index contributed by atoms with van der Waals surface area (Å²) in [5, 5.41) is 0. The van der Waals surface area contributed by atoms with Crippen LogP contribution in [0.1, 0.15) is 35.2 Å². The first kappa shape index (κ1) is 18.7. The lowest BCUT2D eigenvalue weighted by Crippen LogP contribution is -2.81. The first-order valence-corrected chi connectivity index (χ1v) is 10.8. The fourth-order valence-electron chi connectivity index (χ4n) is 4.53. The molecule has 2 aliphatic rings. The van der Waals surface area contributed by atoms with Crippen LogP contribution in [0.3, 0.4) is 0 Å². The van der Waals surface area contributed by atoms with Crippen molar-refractivity contribution in [2.24, 2.45) is 5.92 Å². The third-order valence-corrected chi connectivity index (χ3v) is 6.54. The van der Waals surface area contributed by atoms with Crippen molar-refractivity contribution in [2.45, 2.75) is 37.8 Å². The molecule has 0 spiro atoms. The Morgan fingerprint density at radius 3 is 2.89 bits per heavy atom. The number of hydrogen-bond donors (Lipinski definition) is 0. The summed E-state index contributed by atoms with van der Waals surface area (Å²) in [7, 11) is 0. The largest absolute Gasteiger partial charge is 0.475 e. The second-order valence-corrected chi connectivity index (χ2v) is 8.52. The molecule has 1 aromatic carbocycles. The molecule has 1 saturated carbocycles. The summed E-state index contributed by atoms with van der Waals surface area (Å²) in [6.45, 7) is 2.41. The van der Waals surface area contributed by atoms with Crippen molar-refractivity contribution in [3.8, 4) is 5.88 Å². The number of aryl methyl sites for hydroxylation is 1. The van der Waals surface area contributed by atoms with E-state index >= 15 is 0 Å². The van der Waals surface area contributed by atoms with E-state index in [1.54, 1.807) is 0 Å². The van der Waals surface area contributed by atoms with Gasteiger partial charge in [0, 0.05) is 28.0 Å². The summed E-state index contributed by atoms with van der Waals surface area (Å²) in [4.78, 5) is 19.4. The van der Waals surface area contributed by atoms with Crippen molar-refractivity contribution in [3.63, 3.8) is 0 Å². The zero-order valence-electron chi connectivity index (χ0n) is 15.2. The predicted octanol–water partition coefficient (Wildman–Crippen LogP) is 4.41. The topological polar surface area (TPSA) is 42.4 Å². The van der Waals surface area contributed by atoms with Crippen LogP contribution < -0.4 is 4.74 Å². The highest BCUT2D eigenvalue weighted by atomic mass is 127. The maximum absolute atomic E-state index is 13.3. The number of ether oxygens (including phenoxy) is 1. The molecule has 1 aliphatic carbocycles. The number of rotatable bonds is 6. The number of alkyl halides is 1.